The van der Waals surface area contributed by atoms with Gasteiger partial charge in [-0.3, -0.25) is 0 Å². The molecule has 3 rings (SSSR count). The Hall–Kier alpha value is -1.74. The Kier molecular flexibility index (Phi) is 2.18. The van der Waals surface area contributed by atoms with Crippen molar-refractivity contribution in [3.63, 3.8) is 0 Å². The molecule has 0 aliphatic rings. The number of thiophene rings is 1. The van der Waals surface area contributed by atoms with Gasteiger partial charge in [0, 0.05) is 7.05 Å². The largest absolute Gasteiger partial charge is 0.463 e. The van der Waals surface area contributed by atoms with Gasteiger partial charge in [-0.25, -0.2) is 0 Å². The molecule has 0 spiro atoms. The van der Waals surface area contributed by atoms with Crippen LogP contribution in [0.15, 0.2) is 52.5 Å². The van der Waals surface area contributed by atoms with Crippen LogP contribution in [0.1, 0.15) is 0 Å². The molecule has 0 aliphatic carbocycles. The Morgan fingerprint density at radius 3 is 2.62 bits per heavy atom. The predicted molar refractivity (Wildman–Crippen MR) is 66.4 cm³/mol. The van der Waals surface area contributed by atoms with E-state index in [1.165, 1.54) is 10.6 Å². The third kappa shape index (κ3) is 1.41. The van der Waals surface area contributed by atoms with Crippen molar-refractivity contribution in [3.8, 4) is 22.0 Å². The minimum atomic E-state index is 0.908. The molecule has 80 valence electrons. The van der Waals surface area contributed by atoms with E-state index in [2.05, 4.69) is 41.3 Å². The van der Waals surface area contributed by atoms with E-state index in [1.54, 1.807) is 17.6 Å². The summed E-state index contributed by atoms with van der Waals surface area (Å²) in [6.45, 7) is 0. The molecule has 16 heavy (non-hydrogen) atoms. The predicted octanol–water partition coefficient (Wildman–Crippen LogP) is 4.01. The van der Waals surface area contributed by atoms with E-state index in [0.717, 1.165) is 11.5 Å². The van der Waals surface area contributed by atoms with E-state index < -0.39 is 0 Å². The molecule has 0 saturated carbocycles. The van der Waals surface area contributed by atoms with Gasteiger partial charge in [0.25, 0.3) is 0 Å². The Labute approximate surface area is 97.8 Å². The summed E-state index contributed by atoms with van der Waals surface area (Å²) in [5, 5.41) is 2.09. The molecule has 0 amide bonds. The molecule has 3 aromatic rings. The molecule has 3 heteroatoms. The van der Waals surface area contributed by atoms with Gasteiger partial charge < -0.3 is 8.98 Å². The van der Waals surface area contributed by atoms with Gasteiger partial charge in [-0.15, -0.1) is 11.3 Å². The summed E-state index contributed by atoms with van der Waals surface area (Å²) in [6.07, 6.45) is 1.70. The van der Waals surface area contributed by atoms with Crippen LogP contribution in [0, 0.1) is 0 Å². The molecule has 0 aliphatic heterocycles. The average Bonchev–Trinajstić information content (AvgIpc) is 2.96. The molecule has 0 saturated heterocycles. The van der Waals surface area contributed by atoms with E-state index in [-0.39, 0.29) is 0 Å². The van der Waals surface area contributed by atoms with Crippen molar-refractivity contribution < 1.29 is 4.42 Å². The molecule has 0 unspecified atom stereocenters. The summed E-state index contributed by atoms with van der Waals surface area (Å²) >= 11 is 1.75. The SMILES string of the molecule is Cn1c(-c2ccco2)ccc1-c1cccs1. The van der Waals surface area contributed by atoms with Crippen LogP contribution in [-0.2, 0) is 7.05 Å². The highest BCUT2D eigenvalue weighted by Crippen LogP contribution is 2.30. The first-order valence-corrected chi connectivity index (χ1v) is 5.98. The first-order chi connectivity index (χ1) is 7.86. The quantitative estimate of drug-likeness (QED) is 0.649. The maximum atomic E-state index is 5.41. The second kappa shape index (κ2) is 3.68. The maximum Gasteiger partial charge on any atom is 0.150 e. The molecule has 0 fully saturated rings. The van der Waals surface area contributed by atoms with Gasteiger partial charge in [-0.1, -0.05) is 6.07 Å². The Morgan fingerprint density at radius 2 is 1.94 bits per heavy atom. The van der Waals surface area contributed by atoms with Crippen LogP contribution < -0.4 is 0 Å². The van der Waals surface area contributed by atoms with Crippen molar-refractivity contribution in [1.29, 1.82) is 0 Å². The summed E-state index contributed by atoms with van der Waals surface area (Å²) in [7, 11) is 2.06. The molecule has 0 N–H and O–H groups in total. The lowest BCUT2D eigenvalue weighted by atomic mass is 10.3. The second-order valence-corrected chi connectivity index (χ2v) is 4.57. The molecular weight excluding hydrogens is 218 g/mol. The normalized spacial score (nSPS) is 10.8. The molecule has 3 heterocycles. The molecule has 0 aromatic carbocycles. The zero-order valence-corrected chi connectivity index (χ0v) is 9.70. The Balaban J connectivity index is 2.12. The fourth-order valence-corrected chi connectivity index (χ4v) is 2.64. The summed E-state index contributed by atoms with van der Waals surface area (Å²) in [5.74, 6) is 0.908. The Morgan fingerprint density at radius 1 is 1.06 bits per heavy atom. The lowest BCUT2D eigenvalue weighted by molar-refractivity contribution is 0.577. The zero-order valence-electron chi connectivity index (χ0n) is 8.88. The van der Waals surface area contributed by atoms with Gasteiger partial charge in [-0.2, -0.15) is 0 Å². The Bertz CT molecular complexity index is 524. The van der Waals surface area contributed by atoms with Crippen molar-refractivity contribution in [2.45, 2.75) is 0 Å². The number of rotatable bonds is 2. The van der Waals surface area contributed by atoms with Crippen molar-refractivity contribution in [3.05, 3.63) is 48.0 Å². The van der Waals surface area contributed by atoms with Crippen LogP contribution in [0.4, 0.5) is 0 Å². The smallest absolute Gasteiger partial charge is 0.150 e. The molecule has 2 nitrogen and oxygen atoms in total. The van der Waals surface area contributed by atoms with E-state index in [0.29, 0.717) is 0 Å². The summed E-state index contributed by atoms with van der Waals surface area (Å²) in [4.78, 5) is 1.28. The monoisotopic (exact) mass is 229 g/mol. The number of hydrogen-bond donors (Lipinski definition) is 0. The number of furan rings is 1. The van der Waals surface area contributed by atoms with Crippen LogP contribution >= 0.6 is 11.3 Å². The van der Waals surface area contributed by atoms with Crippen molar-refractivity contribution in [1.82, 2.24) is 4.57 Å². The van der Waals surface area contributed by atoms with Crippen molar-refractivity contribution in [2.75, 3.05) is 0 Å². The van der Waals surface area contributed by atoms with E-state index >= 15 is 0 Å². The van der Waals surface area contributed by atoms with Crippen LogP contribution in [0.25, 0.3) is 22.0 Å². The molecule has 3 aromatic heterocycles. The standard InChI is InChI=1S/C13H11NOS/c1-14-10(12-4-2-8-15-12)6-7-11(14)13-5-3-9-16-13/h2-9H,1H3. The highest BCUT2D eigenvalue weighted by atomic mass is 32.1. The lowest BCUT2D eigenvalue weighted by Crippen LogP contribution is -1.92. The molecule has 0 radical (unpaired) electrons. The first-order valence-electron chi connectivity index (χ1n) is 5.10. The van der Waals surface area contributed by atoms with Crippen LogP contribution in [0.2, 0.25) is 0 Å². The van der Waals surface area contributed by atoms with Crippen LogP contribution in [-0.4, -0.2) is 4.57 Å². The zero-order chi connectivity index (χ0) is 11.0. The fourth-order valence-electron chi connectivity index (χ4n) is 1.85. The number of hydrogen-bond acceptors (Lipinski definition) is 2. The van der Waals surface area contributed by atoms with Gasteiger partial charge >= 0.3 is 0 Å². The summed E-state index contributed by atoms with van der Waals surface area (Å²) < 4.78 is 7.57. The fraction of sp³-hybridized carbons (Fsp3) is 0.0769. The van der Waals surface area contributed by atoms with Crippen molar-refractivity contribution >= 4 is 11.3 Å². The van der Waals surface area contributed by atoms with Crippen LogP contribution in [0.3, 0.4) is 0 Å². The van der Waals surface area contributed by atoms with E-state index in [9.17, 15) is 0 Å². The molecular formula is C13H11NOS. The second-order valence-electron chi connectivity index (χ2n) is 3.62. The lowest BCUT2D eigenvalue weighted by Gasteiger charge is -2.03. The van der Waals surface area contributed by atoms with Gasteiger partial charge in [0.2, 0.25) is 0 Å². The van der Waals surface area contributed by atoms with Gasteiger partial charge in [0.1, 0.15) is 5.76 Å². The molecule has 0 bridgehead atoms. The number of nitrogens with zero attached hydrogens (tertiary/aromatic N) is 1. The van der Waals surface area contributed by atoms with Crippen molar-refractivity contribution in [2.24, 2.45) is 7.05 Å². The maximum absolute atomic E-state index is 5.41. The summed E-state index contributed by atoms with van der Waals surface area (Å²) in [5.41, 5.74) is 2.33. The highest BCUT2D eigenvalue weighted by molar-refractivity contribution is 7.13. The minimum Gasteiger partial charge on any atom is -0.463 e. The molecule has 0 atom stereocenters. The third-order valence-electron chi connectivity index (χ3n) is 2.67. The third-order valence-corrected chi connectivity index (χ3v) is 3.56. The average molecular weight is 229 g/mol. The first kappa shape index (κ1) is 9.48. The van der Waals surface area contributed by atoms with Gasteiger partial charge in [-0.05, 0) is 35.7 Å². The van der Waals surface area contributed by atoms with Crippen LogP contribution in [0.5, 0.6) is 0 Å². The minimum absolute atomic E-state index is 0.908. The van der Waals surface area contributed by atoms with E-state index in [1.807, 2.05) is 12.1 Å². The number of aromatic nitrogens is 1. The van der Waals surface area contributed by atoms with Gasteiger partial charge in [0.05, 0.1) is 22.5 Å². The topological polar surface area (TPSA) is 18.1 Å². The highest BCUT2D eigenvalue weighted by Gasteiger charge is 2.10. The van der Waals surface area contributed by atoms with E-state index in [4.69, 9.17) is 4.42 Å². The summed E-state index contributed by atoms with van der Waals surface area (Å²) in [6, 6.07) is 12.3. The van der Waals surface area contributed by atoms with Gasteiger partial charge in [0.15, 0.2) is 0 Å².